The summed E-state index contributed by atoms with van der Waals surface area (Å²) in [7, 11) is 0. The van der Waals surface area contributed by atoms with Gasteiger partial charge in [-0.2, -0.15) is 0 Å². The molecule has 0 radical (unpaired) electrons. The number of hydrogen-bond donors (Lipinski definition) is 2. The zero-order chi connectivity index (χ0) is 17.7. The van der Waals surface area contributed by atoms with Crippen LogP contribution in [0.4, 0.5) is 10.5 Å². The first kappa shape index (κ1) is 17.6. The Morgan fingerprint density at radius 1 is 1.25 bits per heavy atom. The zero-order valence-electron chi connectivity index (χ0n) is 14.1. The van der Waals surface area contributed by atoms with Crippen molar-refractivity contribution in [2.24, 2.45) is 5.73 Å². The predicted molar refractivity (Wildman–Crippen MR) is 94.1 cm³/mol. The van der Waals surface area contributed by atoms with Gasteiger partial charge in [-0.25, -0.2) is 9.69 Å². The fourth-order valence-corrected chi connectivity index (χ4v) is 2.07. The van der Waals surface area contributed by atoms with Gasteiger partial charge in [0.25, 0.3) is 0 Å². The Bertz CT molecular complexity index is 723. The van der Waals surface area contributed by atoms with Gasteiger partial charge < -0.3 is 10.5 Å². The molecule has 1 aromatic carbocycles. The average molecular weight is 326 g/mol. The topological polar surface area (TPSA) is 92.3 Å². The third-order valence-electron chi connectivity index (χ3n) is 3.11. The molecule has 0 aliphatic rings. The van der Waals surface area contributed by atoms with Gasteiger partial charge in [0.05, 0.1) is 5.69 Å². The summed E-state index contributed by atoms with van der Waals surface area (Å²) in [4.78, 5) is 18.0. The molecule has 6 nitrogen and oxygen atoms in total. The van der Waals surface area contributed by atoms with Gasteiger partial charge in [-0.05, 0) is 50.6 Å². The second-order valence-corrected chi connectivity index (χ2v) is 6.25. The second-order valence-electron chi connectivity index (χ2n) is 6.25. The standard InChI is InChI=1S/C18H22N4O2/c1-18(2,3)24-17(23)22(14-8-6-7-13(11-14)12-19)16(20)15-9-4-5-10-21-15/h4-11,20H,12,19H2,1-3H3. The van der Waals surface area contributed by atoms with Crippen molar-refractivity contribution in [2.75, 3.05) is 4.90 Å². The lowest BCUT2D eigenvalue weighted by Gasteiger charge is -2.27. The third-order valence-corrected chi connectivity index (χ3v) is 3.11. The Hall–Kier alpha value is -2.73. The van der Waals surface area contributed by atoms with E-state index in [1.165, 1.54) is 4.90 Å². The zero-order valence-corrected chi connectivity index (χ0v) is 14.1. The van der Waals surface area contributed by atoms with Crippen LogP contribution in [0.25, 0.3) is 0 Å². The van der Waals surface area contributed by atoms with Gasteiger partial charge in [0.15, 0.2) is 5.84 Å². The van der Waals surface area contributed by atoms with Crippen LogP contribution in [0.5, 0.6) is 0 Å². The number of ether oxygens (including phenoxy) is 1. The van der Waals surface area contributed by atoms with Crippen LogP contribution in [-0.2, 0) is 11.3 Å². The quantitative estimate of drug-likeness (QED) is 0.668. The summed E-state index contributed by atoms with van der Waals surface area (Å²) in [6.45, 7) is 5.68. The fourth-order valence-electron chi connectivity index (χ4n) is 2.07. The summed E-state index contributed by atoms with van der Waals surface area (Å²) in [5.41, 5.74) is 6.76. The van der Waals surface area contributed by atoms with Crippen molar-refractivity contribution in [2.45, 2.75) is 32.9 Å². The molecule has 2 rings (SSSR count). The number of benzene rings is 1. The average Bonchev–Trinajstić information content (AvgIpc) is 2.54. The number of aromatic nitrogens is 1. The summed E-state index contributed by atoms with van der Waals surface area (Å²) in [6, 6.07) is 12.3. The minimum atomic E-state index is -0.675. The molecule has 1 heterocycles. The van der Waals surface area contributed by atoms with Gasteiger partial charge in [-0.1, -0.05) is 18.2 Å². The van der Waals surface area contributed by atoms with E-state index in [2.05, 4.69) is 4.98 Å². The van der Waals surface area contributed by atoms with Crippen molar-refractivity contribution in [3.05, 3.63) is 59.9 Å². The molecule has 126 valence electrons. The number of carbonyl (C=O) groups excluding carboxylic acids is 1. The lowest BCUT2D eigenvalue weighted by atomic mass is 10.1. The van der Waals surface area contributed by atoms with Gasteiger partial charge in [0.1, 0.15) is 11.3 Å². The molecule has 0 bridgehead atoms. The van der Waals surface area contributed by atoms with Crippen molar-refractivity contribution in [1.29, 1.82) is 5.41 Å². The van der Waals surface area contributed by atoms with E-state index in [0.29, 0.717) is 17.9 Å². The van der Waals surface area contributed by atoms with E-state index < -0.39 is 11.7 Å². The monoisotopic (exact) mass is 326 g/mol. The summed E-state index contributed by atoms with van der Waals surface area (Å²) in [6.07, 6.45) is 0.945. The van der Waals surface area contributed by atoms with Gasteiger partial charge in [0, 0.05) is 12.7 Å². The Morgan fingerprint density at radius 2 is 2.00 bits per heavy atom. The molecule has 0 fully saturated rings. The number of nitrogens with zero attached hydrogens (tertiary/aromatic N) is 2. The minimum absolute atomic E-state index is 0.0565. The third kappa shape index (κ3) is 4.39. The van der Waals surface area contributed by atoms with Gasteiger partial charge in [0.2, 0.25) is 0 Å². The first-order valence-corrected chi connectivity index (χ1v) is 7.64. The summed E-state index contributed by atoms with van der Waals surface area (Å²) in [5, 5.41) is 8.42. The van der Waals surface area contributed by atoms with E-state index >= 15 is 0 Å². The van der Waals surface area contributed by atoms with Gasteiger partial charge in [-0.15, -0.1) is 0 Å². The molecule has 0 saturated heterocycles. The summed E-state index contributed by atoms with van der Waals surface area (Å²) < 4.78 is 5.46. The van der Waals surface area contributed by atoms with Crippen LogP contribution in [0.15, 0.2) is 48.7 Å². The molecular formula is C18H22N4O2. The SMILES string of the molecule is CC(C)(C)OC(=O)N(C(=N)c1ccccn1)c1cccc(CN)c1. The Labute approximate surface area is 141 Å². The number of nitrogens with one attached hydrogen (secondary N) is 1. The van der Waals surface area contributed by atoms with E-state index in [-0.39, 0.29) is 5.84 Å². The molecule has 1 amide bonds. The fraction of sp³-hybridized carbons (Fsp3) is 0.278. The van der Waals surface area contributed by atoms with Crippen LogP contribution in [0.3, 0.4) is 0 Å². The summed E-state index contributed by atoms with van der Waals surface area (Å²) >= 11 is 0. The van der Waals surface area contributed by atoms with Crippen LogP contribution in [-0.4, -0.2) is 22.5 Å². The van der Waals surface area contributed by atoms with Crippen LogP contribution >= 0.6 is 0 Å². The molecule has 0 atom stereocenters. The first-order chi connectivity index (χ1) is 11.3. The highest BCUT2D eigenvalue weighted by atomic mass is 16.6. The maximum Gasteiger partial charge on any atom is 0.420 e. The molecule has 0 spiro atoms. The number of amidine groups is 1. The van der Waals surface area contributed by atoms with Crippen LogP contribution in [0.1, 0.15) is 32.0 Å². The second kappa shape index (κ2) is 7.23. The number of carbonyl (C=O) groups is 1. The van der Waals surface area contributed by atoms with Crippen LogP contribution in [0, 0.1) is 5.41 Å². The van der Waals surface area contributed by atoms with Crippen molar-refractivity contribution in [3.63, 3.8) is 0 Å². The molecule has 0 aliphatic carbocycles. The van der Waals surface area contributed by atoms with E-state index in [4.69, 9.17) is 15.9 Å². The van der Waals surface area contributed by atoms with Crippen molar-refractivity contribution >= 4 is 17.6 Å². The van der Waals surface area contributed by atoms with E-state index in [9.17, 15) is 4.79 Å². The van der Waals surface area contributed by atoms with Crippen molar-refractivity contribution < 1.29 is 9.53 Å². The summed E-state index contributed by atoms with van der Waals surface area (Å²) in [5.74, 6) is -0.0565. The maximum absolute atomic E-state index is 12.7. The molecular weight excluding hydrogens is 304 g/mol. The Balaban J connectivity index is 2.44. The highest BCUT2D eigenvalue weighted by molar-refractivity contribution is 6.19. The van der Waals surface area contributed by atoms with Crippen LogP contribution < -0.4 is 10.6 Å². The Kier molecular flexibility index (Phi) is 5.31. The highest BCUT2D eigenvalue weighted by Gasteiger charge is 2.28. The Morgan fingerprint density at radius 3 is 2.58 bits per heavy atom. The molecule has 0 saturated carbocycles. The molecule has 2 aromatic rings. The first-order valence-electron chi connectivity index (χ1n) is 7.64. The number of anilines is 1. The van der Waals surface area contributed by atoms with Crippen molar-refractivity contribution in [1.82, 2.24) is 4.98 Å². The highest BCUT2D eigenvalue weighted by Crippen LogP contribution is 2.21. The number of amides is 1. The van der Waals surface area contributed by atoms with E-state index in [1.54, 1.807) is 63.4 Å². The molecule has 6 heteroatoms. The van der Waals surface area contributed by atoms with Crippen LogP contribution in [0.2, 0.25) is 0 Å². The normalized spacial score (nSPS) is 11.0. The number of nitrogens with two attached hydrogens (primary N) is 1. The van der Waals surface area contributed by atoms with Gasteiger partial charge >= 0.3 is 6.09 Å². The molecule has 3 N–H and O–H groups in total. The molecule has 1 aromatic heterocycles. The number of rotatable bonds is 3. The largest absolute Gasteiger partial charge is 0.443 e. The maximum atomic E-state index is 12.7. The molecule has 24 heavy (non-hydrogen) atoms. The predicted octanol–water partition coefficient (Wildman–Crippen LogP) is 3.31. The lowest BCUT2D eigenvalue weighted by Crippen LogP contribution is -2.41. The number of hydrogen-bond acceptors (Lipinski definition) is 5. The van der Waals surface area contributed by atoms with E-state index in [0.717, 1.165) is 5.56 Å². The molecule has 0 unspecified atom stereocenters. The van der Waals surface area contributed by atoms with E-state index in [1.807, 2.05) is 6.07 Å². The van der Waals surface area contributed by atoms with Crippen molar-refractivity contribution in [3.8, 4) is 0 Å². The molecule has 0 aliphatic heterocycles. The van der Waals surface area contributed by atoms with Gasteiger partial charge in [-0.3, -0.25) is 10.4 Å². The number of pyridine rings is 1. The lowest BCUT2D eigenvalue weighted by molar-refractivity contribution is 0.0604. The smallest absolute Gasteiger partial charge is 0.420 e. The minimum Gasteiger partial charge on any atom is -0.443 e.